The van der Waals surface area contributed by atoms with Crippen molar-refractivity contribution in [1.29, 1.82) is 0 Å². The molecule has 0 saturated carbocycles. The smallest absolute Gasteiger partial charge is 0.306 e. The quantitative estimate of drug-likeness (QED) is 0.0199. The number of allylic oxidation sites excluding steroid dienone is 16. The van der Waals surface area contributed by atoms with Crippen molar-refractivity contribution in [2.75, 3.05) is 13.2 Å². The highest BCUT2D eigenvalue weighted by molar-refractivity contribution is 5.71. The third-order valence-electron chi connectivity index (χ3n) is 11.6. The van der Waals surface area contributed by atoms with Gasteiger partial charge in [-0.3, -0.25) is 14.4 Å². The van der Waals surface area contributed by atoms with E-state index in [-0.39, 0.29) is 31.1 Å². The third kappa shape index (κ3) is 53.2. The molecule has 0 amide bonds. The molecule has 6 nitrogen and oxygen atoms in total. The minimum absolute atomic E-state index is 0.0939. The molecule has 0 aromatic heterocycles. The lowest BCUT2D eigenvalue weighted by Gasteiger charge is -2.18. The Kier molecular flexibility index (Phi) is 51.9. The summed E-state index contributed by atoms with van der Waals surface area (Å²) in [5.41, 5.74) is 0. The first kappa shape index (κ1) is 63.3. The molecule has 382 valence electrons. The molecule has 6 heteroatoms. The zero-order valence-electron chi connectivity index (χ0n) is 43.6. The van der Waals surface area contributed by atoms with Crippen LogP contribution in [-0.4, -0.2) is 37.2 Å². The number of rotatable bonds is 49. The van der Waals surface area contributed by atoms with Gasteiger partial charge in [0.05, 0.1) is 0 Å². The van der Waals surface area contributed by atoms with Crippen LogP contribution in [0.15, 0.2) is 97.2 Å². The van der Waals surface area contributed by atoms with Crippen LogP contribution in [0.2, 0.25) is 0 Å². The molecule has 0 saturated heterocycles. The van der Waals surface area contributed by atoms with Crippen LogP contribution in [0.4, 0.5) is 0 Å². The van der Waals surface area contributed by atoms with Crippen LogP contribution in [0.1, 0.15) is 252 Å². The summed E-state index contributed by atoms with van der Waals surface area (Å²) in [5, 5.41) is 0. The molecule has 0 fully saturated rings. The highest BCUT2D eigenvalue weighted by atomic mass is 16.6. The standard InChI is InChI=1S/C61H102O6/c1-4-7-10-13-16-19-22-25-28-29-30-31-34-36-39-42-45-48-51-54-60(63)66-57-58(67-61(64)55-52-49-46-43-40-37-33-27-24-21-18-15-12-9-6-3)56-65-59(62)53-50-47-44-41-38-35-32-26-23-20-17-14-11-8-5-2/h7,10,16-21,23-28,30-31,58H,4-6,8-9,11-15,22,29,32-57H2,1-3H3/b10-7-,19-16-,20-17-,21-18-,26-23-,27-24-,28-25-,31-30-. The molecule has 0 spiro atoms. The Morgan fingerprint density at radius 1 is 0.328 bits per heavy atom. The lowest BCUT2D eigenvalue weighted by Crippen LogP contribution is -2.30. The van der Waals surface area contributed by atoms with Gasteiger partial charge in [0.25, 0.3) is 0 Å². The predicted molar refractivity (Wildman–Crippen MR) is 288 cm³/mol. The lowest BCUT2D eigenvalue weighted by atomic mass is 10.1. The van der Waals surface area contributed by atoms with E-state index in [1.165, 1.54) is 96.3 Å². The summed E-state index contributed by atoms with van der Waals surface area (Å²) in [7, 11) is 0. The van der Waals surface area contributed by atoms with Crippen LogP contribution >= 0.6 is 0 Å². The average molecular weight is 931 g/mol. The first-order chi connectivity index (χ1) is 33.0. The van der Waals surface area contributed by atoms with E-state index in [1.807, 2.05) is 0 Å². The maximum Gasteiger partial charge on any atom is 0.306 e. The molecule has 1 atom stereocenters. The van der Waals surface area contributed by atoms with Crippen molar-refractivity contribution < 1.29 is 28.6 Å². The van der Waals surface area contributed by atoms with Gasteiger partial charge in [0.15, 0.2) is 6.10 Å². The van der Waals surface area contributed by atoms with Gasteiger partial charge in [0, 0.05) is 19.3 Å². The molecule has 0 aliphatic rings. The van der Waals surface area contributed by atoms with Gasteiger partial charge in [0.2, 0.25) is 0 Å². The SMILES string of the molecule is CC/C=C\C/C=C\C/C=C\C/C=C\CCCCCCCCC(=O)OCC(COC(=O)CCCCCCCC/C=C\C=C/CCCCC)OC(=O)CCCCCCCC/C=C\C=C/CCCCC. The molecule has 0 rings (SSSR count). The van der Waals surface area contributed by atoms with Crippen molar-refractivity contribution in [3.8, 4) is 0 Å². The Hall–Kier alpha value is -3.67. The van der Waals surface area contributed by atoms with Gasteiger partial charge in [-0.15, -0.1) is 0 Å². The van der Waals surface area contributed by atoms with Gasteiger partial charge >= 0.3 is 17.9 Å². The van der Waals surface area contributed by atoms with Crippen LogP contribution in [0.25, 0.3) is 0 Å². The average Bonchev–Trinajstić information content (AvgIpc) is 3.33. The molecular weight excluding hydrogens is 829 g/mol. The van der Waals surface area contributed by atoms with Crippen molar-refractivity contribution in [1.82, 2.24) is 0 Å². The molecule has 0 N–H and O–H groups in total. The van der Waals surface area contributed by atoms with Crippen LogP contribution in [0, 0.1) is 0 Å². The van der Waals surface area contributed by atoms with E-state index in [0.29, 0.717) is 19.3 Å². The molecule has 0 aliphatic carbocycles. The number of esters is 3. The molecule has 0 heterocycles. The van der Waals surface area contributed by atoms with E-state index >= 15 is 0 Å². The Morgan fingerprint density at radius 2 is 0.627 bits per heavy atom. The van der Waals surface area contributed by atoms with E-state index in [0.717, 1.165) is 116 Å². The Balaban J connectivity index is 4.45. The van der Waals surface area contributed by atoms with Gasteiger partial charge in [0.1, 0.15) is 13.2 Å². The third-order valence-corrected chi connectivity index (χ3v) is 11.6. The molecule has 0 aliphatic heterocycles. The van der Waals surface area contributed by atoms with Gasteiger partial charge in [-0.2, -0.15) is 0 Å². The maximum atomic E-state index is 12.8. The molecule has 0 radical (unpaired) electrons. The first-order valence-electron chi connectivity index (χ1n) is 27.8. The number of hydrogen-bond acceptors (Lipinski definition) is 6. The highest BCUT2D eigenvalue weighted by Gasteiger charge is 2.19. The molecule has 0 bridgehead atoms. The summed E-state index contributed by atoms with van der Waals surface area (Å²) in [4.78, 5) is 38.1. The van der Waals surface area contributed by atoms with Gasteiger partial charge < -0.3 is 14.2 Å². The Bertz CT molecular complexity index is 1350. The van der Waals surface area contributed by atoms with Gasteiger partial charge in [-0.05, 0) is 109 Å². The molecular formula is C61H102O6. The maximum absolute atomic E-state index is 12.8. The van der Waals surface area contributed by atoms with E-state index in [1.54, 1.807) is 0 Å². The lowest BCUT2D eigenvalue weighted by molar-refractivity contribution is -0.167. The molecule has 0 aromatic carbocycles. The predicted octanol–water partition coefficient (Wildman–Crippen LogP) is 18.5. The number of carbonyl (C=O) groups is 3. The Labute approximate surface area is 413 Å². The van der Waals surface area contributed by atoms with Crippen LogP contribution < -0.4 is 0 Å². The zero-order chi connectivity index (χ0) is 48.6. The largest absolute Gasteiger partial charge is 0.462 e. The zero-order valence-corrected chi connectivity index (χ0v) is 43.6. The van der Waals surface area contributed by atoms with Gasteiger partial charge in [-0.25, -0.2) is 0 Å². The fraction of sp³-hybridized carbons (Fsp3) is 0.689. The fourth-order valence-corrected chi connectivity index (χ4v) is 7.41. The first-order valence-corrected chi connectivity index (χ1v) is 27.8. The van der Waals surface area contributed by atoms with E-state index in [2.05, 4.69) is 118 Å². The summed E-state index contributed by atoms with van der Waals surface area (Å²) in [6, 6.07) is 0. The summed E-state index contributed by atoms with van der Waals surface area (Å²) in [5.74, 6) is -0.929. The van der Waals surface area contributed by atoms with Crippen molar-refractivity contribution in [3.63, 3.8) is 0 Å². The summed E-state index contributed by atoms with van der Waals surface area (Å²) in [6.45, 7) is 6.44. The minimum Gasteiger partial charge on any atom is -0.462 e. The molecule has 67 heavy (non-hydrogen) atoms. The van der Waals surface area contributed by atoms with Crippen molar-refractivity contribution in [2.45, 2.75) is 258 Å². The summed E-state index contributed by atoms with van der Waals surface area (Å²) in [6.07, 6.45) is 72.4. The molecule has 0 aromatic rings. The van der Waals surface area contributed by atoms with Crippen molar-refractivity contribution >= 4 is 17.9 Å². The molecule has 1 unspecified atom stereocenters. The number of carbonyl (C=O) groups excluding carboxylic acids is 3. The van der Waals surface area contributed by atoms with Gasteiger partial charge in [-0.1, -0.05) is 221 Å². The second kappa shape index (κ2) is 54.9. The van der Waals surface area contributed by atoms with E-state index in [4.69, 9.17) is 14.2 Å². The fourth-order valence-electron chi connectivity index (χ4n) is 7.41. The van der Waals surface area contributed by atoms with Crippen molar-refractivity contribution in [2.24, 2.45) is 0 Å². The van der Waals surface area contributed by atoms with E-state index in [9.17, 15) is 14.4 Å². The second-order valence-electron chi connectivity index (χ2n) is 18.2. The summed E-state index contributed by atoms with van der Waals surface area (Å²) < 4.78 is 16.8. The van der Waals surface area contributed by atoms with Crippen LogP contribution in [0.5, 0.6) is 0 Å². The number of ether oxygens (including phenoxy) is 3. The second-order valence-corrected chi connectivity index (χ2v) is 18.2. The monoisotopic (exact) mass is 931 g/mol. The minimum atomic E-state index is -0.796. The van der Waals surface area contributed by atoms with Crippen molar-refractivity contribution in [3.05, 3.63) is 97.2 Å². The van der Waals surface area contributed by atoms with E-state index < -0.39 is 6.10 Å². The number of unbranched alkanes of at least 4 members (excludes halogenated alkanes) is 24. The number of hydrogen-bond donors (Lipinski definition) is 0. The Morgan fingerprint density at radius 3 is 1.00 bits per heavy atom. The summed E-state index contributed by atoms with van der Waals surface area (Å²) >= 11 is 0. The highest BCUT2D eigenvalue weighted by Crippen LogP contribution is 2.14. The van der Waals surface area contributed by atoms with Crippen LogP contribution in [-0.2, 0) is 28.6 Å². The normalized spacial score (nSPS) is 12.8. The van der Waals surface area contributed by atoms with Crippen LogP contribution in [0.3, 0.4) is 0 Å². The topological polar surface area (TPSA) is 78.9 Å².